The fourth-order valence-electron chi connectivity index (χ4n) is 2.76. The minimum Gasteiger partial charge on any atom is -0.350 e. The summed E-state index contributed by atoms with van der Waals surface area (Å²) in [7, 11) is -3.62. The third-order valence-corrected chi connectivity index (χ3v) is 6.55. The van der Waals surface area contributed by atoms with E-state index in [0.717, 1.165) is 0 Å². The van der Waals surface area contributed by atoms with Crippen LogP contribution in [-0.2, 0) is 14.8 Å². The highest BCUT2D eigenvalue weighted by atomic mass is 35.5. The predicted octanol–water partition coefficient (Wildman–Crippen LogP) is 1.95. The van der Waals surface area contributed by atoms with E-state index in [0.29, 0.717) is 26.2 Å². The number of halogens is 1. The monoisotopic (exact) mass is 387 g/mol. The minimum absolute atomic E-state index is 0.0464. The van der Waals surface area contributed by atoms with E-state index in [1.807, 2.05) is 32.6 Å². The van der Waals surface area contributed by atoms with E-state index in [-0.39, 0.29) is 27.4 Å². The van der Waals surface area contributed by atoms with Crippen LogP contribution in [0.4, 0.5) is 0 Å². The minimum atomic E-state index is -3.62. The van der Waals surface area contributed by atoms with Crippen molar-refractivity contribution in [2.75, 3.05) is 26.2 Å². The van der Waals surface area contributed by atoms with Gasteiger partial charge in [-0.25, -0.2) is 8.42 Å². The number of carbonyl (C=O) groups excluding carboxylic acids is 1. The Labute approximate surface area is 155 Å². The van der Waals surface area contributed by atoms with Gasteiger partial charge in [-0.05, 0) is 39.8 Å². The molecule has 1 aliphatic rings. The van der Waals surface area contributed by atoms with Crippen molar-refractivity contribution in [1.82, 2.24) is 14.5 Å². The first-order chi connectivity index (χ1) is 11.5. The topological polar surface area (TPSA) is 69.7 Å². The van der Waals surface area contributed by atoms with Gasteiger partial charge in [0.2, 0.25) is 15.9 Å². The van der Waals surface area contributed by atoms with Crippen LogP contribution in [0.3, 0.4) is 0 Å². The van der Waals surface area contributed by atoms with Gasteiger partial charge >= 0.3 is 0 Å². The van der Waals surface area contributed by atoms with Crippen molar-refractivity contribution >= 4 is 27.5 Å². The molecule has 1 aliphatic heterocycles. The zero-order valence-corrected chi connectivity index (χ0v) is 16.7. The van der Waals surface area contributed by atoms with Gasteiger partial charge in [0.25, 0.3) is 0 Å². The van der Waals surface area contributed by atoms with E-state index in [1.165, 1.54) is 10.4 Å². The molecule has 1 unspecified atom stereocenters. The van der Waals surface area contributed by atoms with E-state index in [2.05, 4.69) is 5.32 Å². The second-order valence-corrected chi connectivity index (χ2v) is 9.60. The van der Waals surface area contributed by atoms with Crippen molar-refractivity contribution in [2.24, 2.45) is 0 Å². The number of benzene rings is 1. The zero-order chi connectivity index (χ0) is 18.8. The van der Waals surface area contributed by atoms with E-state index in [4.69, 9.17) is 11.6 Å². The largest absolute Gasteiger partial charge is 0.350 e. The number of sulfonamides is 1. The molecule has 0 aliphatic carbocycles. The van der Waals surface area contributed by atoms with Crippen LogP contribution in [0.2, 0.25) is 5.02 Å². The SMILES string of the molecule is CC(C(=O)NC(C)(C)C)N1CCN(S(=O)(=O)c2ccccc2Cl)CC1. The molecule has 0 spiro atoms. The van der Waals surface area contributed by atoms with Crippen molar-refractivity contribution < 1.29 is 13.2 Å². The van der Waals surface area contributed by atoms with Crippen LogP contribution in [-0.4, -0.2) is 61.3 Å². The number of hydrogen-bond acceptors (Lipinski definition) is 4. The van der Waals surface area contributed by atoms with E-state index in [9.17, 15) is 13.2 Å². The molecule has 2 rings (SSSR count). The van der Waals surface area contributed by atoms with Crippen molar-refractivity contribution in [2.45, 2.75) is 44.2 Å². The number of amides is 1. The fourth-order valence-corrected chi connectivity index (χ4v) is 4.68. The summed E-state index contributed by atoms with van der Waals surface area (Å²) in [5.41, 5.74) is -0.291. The zero-order valence-electron chi connectivity index (χ0n) is 15.1. The molecule has 0 bridgehead atoms. The maximum Gasteiger partial charge on any atom is 0.244 e. The lowest BCUT2D eigenvalue weighted by atomic mass is 10.1. The van der Waals surface area contributed by atoms with Crippen LogP contribution in [0, 0.1) is 0 Å². The van der Waals surface area contributed by atoms with E-state index < -0.39 is 10.0 Å². The number of nitrogens with zero attached hydrogens (tertiary/aromatic N) is 2. The van der Waals surface area contributed by atoms with E-state index in [1.54, 1.807) is 18.2 Å². The lowest BCUT2D eigenvalue weighted by Crippen LogP contribution is -2.56. The lowest BCUT2D eigenvalue weighted by molar-refractivity contribution is -0.127. The van der Waals surface area contributed by atoms with Gasteiger partial charge in [-0.15, -0.1) is 0 Å². The standard InChI is InChI=1S/C17H26ClN3O3S/c1-13(16(22)19-17(2,3)4)20-9-11-21(12-10-20)25(23,24)15-8-6-5-7-14(15)18/h5-8,13H,9-12H2,1-4H3,(H,19,22). The van der Waals surface area contributed by atoms with Gasteiger partial charge in [-0.1, -0.05) is 23.7 Å². The summed E-state index contributed by atoms with van der Waals surface area (Å²) in [6.07, 6.45) is 0. The molecule has 1 amide bonds. The molecule has 25 heavy (non-hydrogen) atoms. The molecule has 1 heterocycles. The van der Waals surface area contributed by atoms with Gasteiger partial charge in [0.05, 0.1) is 11.1 Å². The summed E-state index contributed by atoms with van der Waals surface area (Å²) >= 11 is 6.04. The number of carbonyl (C=O) groups is 1. The number of hydrogen-bond donors (Lipinski definition) is 1. The predicted molar refractivity (Wildman–Crippen MR) is 99.1 cm³/mol. The molecule has 1 atom stereocenters. The van der Waals surface area contributed by atoms with Crippen LogP contribution in [0.5, 0.6) is 0 Å². The summed E-state index contributed by atoms with van der Waals surface area (Å²) in [5.74, 6) is -0.0464. The molecule has 0 saturated carbocycles. The highest BCUT2D eigenvalue weighted by molar-refractivity contribution is 7.89. The third kappa shape index (κ3) is 4.94. The highest BCUT2D eigenvalue weighted by Gasteiger charge is 2.33. The molecule has 0 radical (unpaired) electrons. The maximum absolute atomic E-state index is 12.7. The van der Waals surface area contributed by atoms with Crippen molar-refractivity contribution in [1.29, 1.82) is 0 Å². The Morgan fingerprint density at radius 3 is 2.24 bits per heavy atom. The Balaban J connectivity index is 2.02. The van der Waals surface area contributed by atoms with Gasteiger partial charge < -0.3 is 5.32 Å². The Hall–Kier alpha value is -1.15. The van der Waals surface area contributed by atoms with Gasteiger partial charge in [0, 0.05) is 31.7 Å². The summed E-state index contributed by atoms with van der Waals surface area (Å²) < 4.78 is 26.9. The van der Waals surface area contributed by atoms with Crippen molar-refractivity contribution in [3.05, 3.63) is 29.3 Å². The molecule has 1 saturated heterocycles. The first-order valence-electron chi connectivity index (χ1n) is 8.33. The molecule has 8 heteroatoms. The second-order valence-electron chi connectivity index (χ2n) is 7.29. The van der Waals surface area contributed by atoms with Crippen LogP contribution < -0.4 is 5.32 Å². The molecular weight excluding hydrogens is 362 g/mol. The Bertz CT molecular complexity index is 723. The quantitative estimate of drug-likeness (QED) is 0.857. The molecular formula is C17H26ClN3O3S. The summed E-state index contributed by atoms with van der Waals surface area (Å²) in [6, 6.07) is 6.15. The maximum atomic E-state index is 12.7. The molecule has 6 nitrogen and oxygen atoms in total. The normalized spacial score (nSPS) is 18.8. The van der Waals surface area contributed by atoms with Crippen LogP contribution in [0.15, 0.2) is 29.2 Å². The molecule has 1 aromatic rings. The van der Waals surface area contributed by atoms with Gasteiger partial charge in [0.1, 0.15) is 4.90 Å². The molecule has 0 aromatic heterocycles. The fraction of sp³-hybridized carbons (Fsp3) is 0.588. The van der Waals surface area contributed by atoms with Gasteiger partial charge in [-0.3, -0.25) is 9.69 Å². The lowest BCUT2D eigenvalue weighted by Gasteiger charge is -2.37. The van der Waals surface area contributed by atoms with Gasteiger partial charge in [0.15, 0.2) is 0 Å². The Morgan fingerprint density at radius 1 is 1.16 bits per heavy atom. The average molecular weight is 388 g/mol. The van der Waals surface area contributed by atoms with Crippen molar-refractivity contribution in [3.8, 4) is 0 Å². The Morgan fingerprint density at radius 2 is 1.72 bits per heavy atom. The number of rotatable bonds is 4. The van der Waals surface area contributed by atoms with E-state index >= 15 is 0 Å². The smallest absolute Gasteiger partial charge is 0.244 e. The summed E-state index contributed by atoms with van der Waals surface area (Å²) in [4.78, 5) is 14.4. The molecule has 1 aromatic carbocycles. The number of piperazine rings is 1. The first kappa shape index (κ1) is 20.2. The van der Waals surface area contributed by atoms with Crippen molar-refractivity contribution in [3.63, 3.8) is 0 Å². The number of nitrogens with one attached hydrogen (secondary N) is 1. The highest BCUT2D eigenvalue weighted by Crippen LogP contribution is 2.25. The molecule has 1 N–H and O–H groups in total. The van der Waals surface area contributed by atoms with Crippen LogP contribution in [0.1, 0.15) is 27.7 Å². The average Bonchev–Trinajstić information content (AvgIpc) is 2.53. The third-order valence-electron chi connectivity index (χ3n) is 4.15. The van der Waals surface area contributed by atoms with Crippen LogP contribution >= 0.6 is 11.6 Å². The van der Waals surface area contributed by atoms with Gasteiger partial charge in [-0.2, -0.15) is 4.31 Å². The second kappa shape index (κ2) is 7.61. The molecule has 1 fully saturated rings. The molecule has 140 valence electrons. The van der Waals surface area contributed by atoms with Crippen LogP contribution in [0.25, 0.3) is 0 Å². The Kier molecular flexibility index (Phi) is 6.14. The first-order valence-corrected chi connectivity index (χ1v) is 10.1. The summed E-state index contributed by atoms with van der Waals surface area (Å²) in [6.45, 7) is 9.33. The summed E-state index contributed by atoms with van der Waals surface area (Å²) in [5, 5.41) is 3.19.